The van der Waals surface area contributed by atoms with Crippen LogP contribution >= 0.6 is 0 Å². The van der Waals surface area contributed by atoms with Gasteiger partial charge in [-0.1, -0.05) is 6.07 Å². The molecule has 5 rings (SSSR count). The number of phenols is 1. The number of rotatable bonds is 5. The summed E-state index contributed by atoms with van der Waals surface area (Å²) in [6.45, 7) is 5.04. The van der Waals surface area contributed by atoms with Crippen molar-refractivity contribution in [1.82, 2.24) is 25.3 Å². The molecule has 8 heteroatoms. The number of nitrogens with one attached hydrogen (secondary N) is 1. The maximum atomic E-state index is 10.5. The summed E-state index contributed by atoms with van der Waals surface area (Å²) >= 11 is 0. The van der Waals surface area contributed by atoms with E-state index in [1.165, 1.54) is 0 Å². The molecule has 0 aliphatic carbocycles. The molecule has 2 fully saturated rings. The Morgan fingerprint density at radius 2 is 1.83 bits per heavy atom. The van der Waals surface area contributed by atoms with Crippen LogP contribution in [0.25, 0.3) is 22.4 Å². The van der Waals surface area contributed by atoms with Crippen LogP contribution in [0.15, 0.2) is 42.7 Å². The molecular formula is C21H24N6O2. The van der Waals surface area contributed by atoms with E-state index in [0.717, 1.165) is 49.7 Å². The minimum Gasteiger partial charge on any atom is -0.507 e. The van der Waals surface area contributed by atoms with Gasteiger partial charge in [-0.25, -0.2) is 0 Å². The number of aliphatic hydroxyl groups is 1. The van der Waals surface area contributed by atoms with Crippen molar-refractivity contribution >= 4 is 5.82 Å². The Labute approximate surface area is 168 Å². The first-order chi connectivity index (χ1) is 14.2. The maximum absolute atomic E-state index is 10.5. The van der Waals surface area contributed by atoms with E-state index in [1.807, 2.05) is 24.3 Å². The lowest BCUT2D eigenvalue weighted by Gasteiger charge is -2.21. The Bertz CT molecular complexity index is 961. The summed E-state index contributed by atoms with van der Waals surface area (Å²) in [6, 6.07) is 9.42. The number of aliphatic hydroxyl groups excluding tert-OH is 1. The average molecular weight is 392 g/mol. The quantitative estimate of drug-likeness (QED) is 0.606. The van der Waals surface area contributed by atoms with Gasteiger partial charge in [0, 0.05) is 50.0 Å². The number of nitrogens with zero attached hydrogens (tertiary/aromatic N) is 5. The monoisotopic (exact) mass is 392 g/mol. The third-order valence-electron chi connectivity index (χ3n) is 6.06. The van der Waals surface area contributed by atoms with Gasteiger partial charge in [-0.2, -0.15) is 5.10 Å². The largest absolute Gasteiger partial charge is 0.507 e. The van der Waals surface area contributed by atoms with Crippen LogP contribution in [0, 0.1) is 11.8 Å². The van der Waals surface area contributed by atoms with Gasteiger partial charge in [0.25, 0.3) is 0 Å². The van der Waals surface area contributed by atoms with Gasteiger partial charge < -0.3 is 20.0 Å². The molecule has 150 valence electrons. The number of H-pyrrole nitrogens is 1. The molecule has 3 N–H and O–H groups in total. The molecule has 1 unspecified atom stereocenters. The number of aromatic nitrogens is 4. The Balaban J connectivity index is 1.29. The summed E-state index contributed by atoms with van der Waals surface area (Å²) in [6.07, 6.45) is 3.51. The van der Waals surface area contributed by atoms with Crippen LogP contribution in [0.5, 0.6) is 5.75 Å². The first-order valence-electron chi connectivity index (χ1n) is 9.95. The van der Waals surface area contributed by atoms with E-state index < -0.39 is 0 Å². The molecular weight excluding hydrogens is 368 g/mol. The summed E-state index contributed by atoms with van der Waals surface area (Å²) in [5.41, 5.74) is 3.13. The van der Waals surface area contributed by atoms with Crippen LogP contribution in [-0.4, -0.2) is 74.8 Å². The number of aromatic hydroxyl groups is 1. The molecule has 0 amide bonds. The molecule has 2 atom stereocenters. The summed E-state index contributed by atoms with van der Waals surface area (Å²) < 4.78 is 0. The van der Waals surface area contributed by atoms with E-state index in [2.05, 4.69) is 30.2 Å². The summed E-state index contributed by atoms with van der Waals surface area (Å²) in [4.78, 5) is 4.64. The van der Waals surface area contributed by atoms with E-state index in [0.29, 0.717) is 23.1 Å². The first-order valence-corrected chi connectivity index (χ1v) is 9.95. The first kappa shape index (κ1) is 18.1. The number of phenolic OH excluding ortho intramolecular Hbond substituents is 1. The number of hydrogen-bond donors (Lipinski definition) is 3. The fourth-order valence-corrected chi connectivity index (χ4v) is 4.58. The van der Waals surface area contributed by atoms with Crippen LogP contribution in [0.2, 0.25) is 0 Å². The van der Waals surface area contributed by atoms with Gasteiger partial charge in [0.05, 0.1) is 18.5 Å². The molecule has 3 aromatic rings. The number of anilines is 1. The van der Waals surface area contributed by atoms with E-state index in [4.69, 9.17) is 5.11 Å². The van der Waals surface area contributed by atoms with Gasteiger partial charge in [0.2, 0.25) is 0 Å². The second-order valence-electron chi connectivity index (χ2n) is 7.90. The number of fused-ring (bicyclic) bond motifs is 1. The molecule has 0 saturated carbocycles. The zero-order chi connectivity index (χ0) is 19.8. The van der Waals surface area contributed by atoms with Crippen LogP contribution in [0.4, 0.5) is 5.82 Å². The van der Waals surface area contributed by atoms with Crippen LogP contribution in [0.1, 0.15) is 0 Å². The highest BCUT2D eigenvalue weighted by Crippen LogP contribution is 2.35. The lowest BCUT2D eigenvalue weighted by atomic mass is 10.0. The molecule has 1 aromatic carbocycles. The van der Waals surface area contributed by atoms with Gasteiger partial charge in [-0.15, -0.1) is 10.2 Å². The van der Waals surface area contributed by atoms with Crippen LogP contribution in [0.3, 0.4) is 0 Å². The number of hydrogen-bond acceptors (Lipinski definition) is 7. The third-order valence-corrected chi connectivity index (χ3v) is 6.06. The number of benzene rings is 1. The highest BCUT2D eigenvalue weighted by Gasteiger charge is 2.40. The van der Waals surface area contributed by atoms with Crippen molar-refractivity contribution < 1.29 is 10.2 Å². The van der Waals surface area contributed by atoms with E-state index in [9.17, 15) is 5.11 Å². The Morgan fingerprint density at radius 3 is 2.45 bits per heavy atom. The molecule has 8 nitrogen and oxygen atoms in total. The van der Waals surface area contributed by atoms with E-state index in [-0.39, 0.29) is 12.4 Å². The van der Waals surface area contributed by atoms with Crippen molar-refractivity contribution in [2.75, 3.05) is 44.2 Å². The van der Waals surface area contributed by atoms with Gasteiger partial charge in [0.1, 0.15) is 5.75 Å². The minimum atomic E-state index is 0.172. The van der Waals surface area contributed by atoms with Gasteiger partial charge in [0.15, 0.2) is 5.82 Å². The summed E-state index contributed by atoms with van der Waals surface area (Å²) in [7, 11) is 0. The molecule has 0 spiro atoms. The zero-order valence-corrected chi connectivity index (χ0v) is 16.1. The van der Waals surface area contributed by atoms with Crippen LogP contribution < -0.4 is 4.90 Å². The van der Waals surface area contributed by atoms with Gasteiger partial charge in [-0.3, -0.25) is 5.10 Å². The lowest BCUT2D eigenvalue weighted by Crippen LogP contribution is -2.31. The fourth-order valence-electron chi connectivity index (χ4n) is 4.58. The van der Waals surface area contributed by atoms with Crippen molar-refractivity contribution in [2.45, 2.75) is 0 Å². The predicted molar refractivity (Wildman–Crippen MR) is 109 cm³/mol. The van der Waals surface area contributed by atoms with Crippen molar-refractivity contribution in [3.8, 4) is 28.1 Å². The average Bonchev–Trinajstić information content (AvgIpc) is 3.45. The lowest BCUT2D eigenvalue weighted by molar-refractivity contribution is 0.214. The Hall–Kier alpha value is -2.97. The minimum absolute atomic E-state index is 0.172. The van der Waals surface area contributed by atoms with Gasteiger partial charge >= 0.3 is 0 Å². The second-order valence-corrected chi connectivity index (χ2v) is 7.90. The van der Waals surface area contributed by atoms with Crippen molar-refractivity contribution in [3.63, 3.8) is 0 Å². The topological polar surface area (TPSA) is 101 Å². The summed E-state index contributed by atoms with van der Waals surface area (Å²) in [5, 5.41) is 35.1. The number of β-amino-alcohol motifs (C(OH)–C–C–N with tert-alkyl or cyclic N) is 1. The van der Waals surface area contributed by atoms with E-state index >= 15 is 0 Å². The maximum Gasteiger partial charge on any atom is 0.151 e. The third kappa shape index (κ3) is 3.45. The fraction of sp³-hybridized carbons (Fsp3) is 0.381. The van der Waals surface area contributed by atoms with Crippen molar-refractivity contribution in [1.29, 1.82) is 0 Å². The molecule has 4 heterocycles. The van der Waals surface area contributed by atoms with Gasteiger partial charge in [-0.05, 0) is 41.7 Å². The Kier molecular flexibility index (Phi) is 4.65. The molecule has 0 radical (unpaired) electrons. The Morgan fingerprint density at radius 1 is 1.00 bits per heavy atom. The molecule has 2 aliphatic rings. The van der Waals surface area contributed by atoms with E-state index in [1.54, 1.807) is 18.5 Å². The smallest absolute Gasteiger partial charge is 0.151 e. The second kappa shape index (κ2) is 7.46. The standard InChI is InChI=1S/C21H24N6O2/c28-6-5-26-10-16-12-27(13-17(16)11-26)21-4-3-19(24-25-21)18-2-1-14(7-20(18)29)15-8-22-23-9-15/h1-4,7-9,16-17,28-29H,5-6,10-13H2,(H,22,23)/t16-,17?/m0/s1. The number of aromatic amines is 1. The highest BCUT2D eigenvalue weighted by molar-refractivity contribution is 5.73. The molecule has 2 aromatic heterocycles. The molecule has 2 aliphatic heterocycles. The molecule has 0 bridgehead atoms. The van der Waals surface area contributed by atoms with Crippen molar-refractivity contribution in [3.05, 3.63) is 42.7 Å². The molecule has 29 heavy (non-hydrogen) atoms. The SMILES string of the molecule is OCCN1CC2CN(c3ccc(-c4ccc(-c5cn[nH]c5)cc4O)nn3)C[C@@H]2C1. The van der Waals surface area contributed by atoms with Crippen molar-refractivity contribution in [2.24, 2.45) is 11.8 Å². The summed E-state index contributed by atoms with van der Waals surface area (Å²) in [5.74, 6) is 2.31. The zero-order valence-electron chi connectivity index (χ0n) is 16.1. The normalized spacial score (nSPS) is 21.6. The molecule has 2 saturated heterocycles. The number of likely N-dealkylation sites (tertiary alicyclic amines) is 1. The van der Waals surface area contributed by atoms with Crippen LogP contribution in [-0.2, 0) is 0 Å². The predicted octanol–water partition coefficient (Wildman–Crippen LogP) is 1.60. The highest BCUT2D eigenvalue weighted by atomic mass is 16.3.